The minimum atomic E-state index is -0.751. The van der Waals surface area contributed by atoms with Gasteiger partial charge in [0.15, 0.2) is 0 Å². The fourth-order valence-corrected chi connectivity index (χ4v) is 10.5. The second-order valence-corrected chi connectivity index (χ2v) is 14.9. The number of carbonyl (C=O) groups excluding carboxylic acids is 3. The lowest BCUT2D eigenvalue weighted by atomic mass is 9.70. The number of hydrogen-bond acceptors (Lipinski definition) is 5. The molecular formula is C27H42BrN3O4S. The van der Waals surface area contributed by atoms with Gasteiger partial charge in [-0.15, -0.1) is 24.9 Å². The van der Waals surface area contributed by atoms with E-state index in [1.54, 1.807) is 40.8 Å². The fourth-order valence-electron chi connectivity index (χ4n) is 6.88. The number of β-amino-alcohol motifs (C(OH)–C–C–N with tert-alkyl or cyclic N) is 1. The third-order valence-corrected chi connectivity index (χ3v) is 10.9. The molecule has 0 aliphatic carbocycles. The van der Waals surface area contributed by atoms with Crippen LogP contribution >= 0.6 is 27.7 Å². The van der Waals surface area contributed by atoms with Crippen LogP contribution in [-0.2, 0) is 14.4 Å². The van der Waals surface area contributed by atoms with E-state index in [0.717, 1.165) is 6.42 Å². The summed E-state index contributed by atoms with van der Waals surface area (Å²) in [5.74, 6) is -1.55. The normalized spacial score (nSPS) is 31.4. The number of aliphatic hydroxyl groups is 1. The molecule has 3 saturated heterocycles. The molecule has 0 aromatic rings. The third-order valence-electron chi connectivity index (χ3n) is 7.70. The van der Waals surface area contributed by atoms with Crippen molar-refractivity contribution in [1.82, 2.24) is 14.7 Å². The van der Waals surface area contributed by atoms with Crippen molar-refractivity contribution in [2.45, 2.75) is 73.9 Å². The maximum atomic E-state index is 14.5. The summed E-state index contributed by atoms with van der Waals surface area (Å²) in [7, 11) is 1.73. The number of aliphatic hydroxyl groups excluding tert-OH is 1. The fraction of sp³-hybridized carbons (Fsp3) is 0.741. The molecule has 3 aliphatic rings. The molecule has 1 N–H and O–H groups in total. The summed E-state index contributed by atoms with van der Waals surface area (Å²) in [5.41, 5.74) is -0.504. The first-order chi connectivity index (χ1) is 16.7. The van der Waals surface area contributed by atoms with E-state index in [1.807, 2.05) is 4.90 Å². The smallest absolute Gasteiger partial charge is 0.247 e. The number of rotatable bonds is 10. The van der Waals surface area contributed by atoms with Gasteiger partial charge in [0, 0.05) is 42.3 Å². The van der Waals surface area contributed by atoms with Gasteiger partial charge in [0.25, 0.3) is 0 Å². The Morgan fingerprint density at radius 1 is 1.19 bits per heavy atom. The molecule has 0 aromatic heterocycles. The summed E-state index contributed by atoms with van der Waals surface area (Å²) in [6.45, 7) is 18.8. The van der Waals surface area contributed by atoms with Crippen molar-refractivity contribution in [2.75, 3.05) is 33.3 Å². The lowest BCUT2D eigenvalue weighted by Crippen LogP contribution is -2.60. The Morgan fingerprint density at radius 2 is 1.81 bits per heavy atom. The van der Waals surface area contributed by atoms with E-state index in [0.29, 0.717) is 19.5 Å². The lowest BCUT2D eigenvalue weighted by Gasteiger charge is -2.46. The third kappa shape index (κ3) is 4.92. The van der Waals surface area contributed by atoms with Crippen molar-refractivity contribution < 1.29 is 19.5 Å². The van der Waals surface area contributed by atoms with Crippen LogP contribution in [-0.4, -0.2) is 97.2 Å². The van der Waals surface area contributed by atoms with Crippen LogP contribution in [0.2, 0.25) is 0 Å². The Bertz CT molecular complexity index is 919. The van der Waals surface area contributed by atoms with Gasteiger partial charge < -0.3 is 19.8 Å². The monoisotopic (exact) mass is 583 g/mol. The molecule has 3 aliphatic heterocycles. The minimum absolute atomic E-state index is 0.0115. The molecule has 0 aromatic carbocycles. The Kier molecular flexibility index (Phi) is 8.48. The summed E-state index contributed by atoms with van der Waals surface area (Å²) in [6, 6.07) is -0.751. The molecular weight excluding hydrogens is 542 g/mol. The number of likely N-dealkylation sites (tertiary alicyclic amines) is 1. The second kappa shape index (κ2) is 10.4. The number of nitrogens with zero attached hydrogens (tertiary/aromatic N) is 3. The van der Waals surface area contributed by atoms with Gasteiger partial charge in [-0.3, -0.25) is 14.4 Å². The molecule has 7 nitrogen and oxygen atoms in total. The highest BCUT2D eigenvalue weighted by Gasteiger charge is 2.76. The number of fused-ring (bicyclic) bond motifs is 1. The molecule has 0 radical (unpaired) electrons. The zero-order valence-electron chi connectivity index (χ0n) is 22.5. The first-order valence-corrected chi connectivity index (χ1v) is 14.5. The second-order valence-electron chi connectivity index (χ2n) is 12.2. The molecule has 36 heavy (non-hydrogen) atoms. The van der Waals surface area contributed by atoms with E-state index in [-0.39, 0.29) is 46.4 Å². The van der Waals surface area contributed by atoms with Crippen LogP contribution in [0.4, 0.5) is 0 Å². The van der Waals surface area contributed by atoms with E-state index in [1.165, 1.54) is 0 Å². The topological polar surface area (TPSA) is 81.2 Å². The van der Waals surface area contributed by atoms with Crippen molar-refractivity contribution >= 4 is 45.4 Å². The van der Waals surface area contributed by atoms with Gasteiger partial charge in [-0.2, -0.15) is 0 Å². The molecule has 202 valence electrons. The molecule has 3 amide bonds. The molecule has 3 unspecified atom stereocenters. The Morgan fingerprint density at radius 3 is 2.33 bits per heavy atom. The average Bonchev–Trinajstić information content (AvgIpc) is 3.33. The molecule has 3 heterocycles. The van der Waals surface area contributed by atoms with Gasteiger partial charge in [-0.05, 0) is 32.1 Å². The van der Waals surface area contributed by atoms with Crippen LogP contribution in [0, 0.1) is 17.3 Å². The van der Waals surface area contributed by atoms with Gasteiger partial charge in [0.05, 0.1) is 23.2 Å². The van der Waals surface area contributed by atoms with Crippen molar-refractivity contribution in [3.8, 4) is 0 Å². The molecule has 1 spiro atoms. The first-order valence-electron chi connectivity index (χ1n) is 12.7. The Labute approximate surface area is 228 Å². The summed E-state index contributed by atoms with van der Waals surface area (Å²) in [4.78, 5) is 47.0. The molecule has 3 rings (SSSR count). The van der Waals surface area contributed by atoms with Crippen molar-refractivity contribution in [3.63, 3.8) is 0 Å². The highest BCUT2D eigenvalue weighted by Crippen LogP contribution is 2.68. The number of thioether (sulfide) groups is 1. The van der Waals surface area contributed by atoms with Gasteiger partial charge in [-0.1, -0.05) is 48.9 Å². The largest absolute Gasteiger partial charge is 0.395 e. The number of hydrogen-bond donors (Lipinski definition) is 1. The first kappa shape index (κ1) is 29.2. The van der Waals surface area contributed by atoms with Crippen LogP contribution in [0.15, 0.2) is 25.3 Å². The zero-order valence-corrected chi connectivity index (χ0v) is 24.9. The van der Waals surface area contributed by atoms with Crippen molar-refractivity contribution in [3.05, 3.63) is 25.3 Å². The summed E-state index contributed by atoms with van der Waals surface area (Å²) >= 11 is 5.41. The number of halogens is 1. The summed E-state index contributed by atoms with van der Waals surface area (Å²) < 4.78 is -0.727. The summed E-state index contributed by atoms with van der Waals surface area (Å²) in [5, 5.41) is 9.78. The predicted octanol–water partition coefficient (Wildman–Crippen LogP) is 3.32. The summed E-state index contributed by atoms with van der Waals surface area (Å²) in [6.07, 6.45) is 4.79. The van der Waals surface area contributed by atoms with E-state index in [9.17, 15) is 19.5 Å². The van der Waals surface area contributed by atoms with Gasteiger partial charge in [-0.25, -0.2) is 0 Å². The average molecular weight is 585 g/mol. The van der Waals surface area contributed by atoms with Crippen molar-refractivity contribution in [1.29, 1.82) is 0 Å². The number of carbonyl (C=O) groups is 3. The zero-order chi connectivity index (χ0) is 27.2. The lowest BCUT2D eigenvalue weighted by molar-refractivity contribution is -0.147. The molecule has 9 heteroatoms. The van der Waals surface area contributed by atoms with Crippen LogP contribution in [0.1, 0.15) is 47.5 Å². The quantitative estimate of drug-likeness (QED) is 0.315. The van der Waals surface area contributed by atoms with Crippen LogP contribution < -0.4 is 0 Å². The molecule has 0 saturated carbocycles. The van der Waals surface area contributed by atoms with E-state index < -0.39 is 28.2 Å². The Hall–Kier alpha value is -1.32. The number of alkyl halides is 1. The van der Waals surface area contributed by atoms with Crippen LogP contribution in [0.3, 0.4) is 0 Å². The maximum Gasteiger partial charge on any atom is 0.247 e. The maximum absolute atomic E-state index is 14.5. The van der Waals surface area contributed by atoms with E-state index >= 15 is 0 Å². The standard InChI is InChI=1S/C27H42BrN3O4S/c1-9-11-29(8)22(33)18-19-23(34)30(13-14-32)21(27(19)15-17(28)20(18)36-27)24(35)31(12-10-2)26(6,7)16-25(3,4)5/h9-10,17-21,32H,1-2,11-16H2,3-8H3/t17?,18-,19+,20-,21?,27?/m1/s1. The highest BCUT2D eigenvalue weighted by atomic mass is 79.9. The highest BCUT2D eigenvalue weighted by molar-refractivity contribution is 9.09. The SMILES string of the molecule is C=CCN(C)C(=O)[C@H]1[C@@H]2SC3(CC2Br)C(C(=O)N(CC=C)C(C)(C)CC(C)(C)C)N(CCO)C(=O)[C@H]13. The molecule has 2 bridgehead atoms. The van der Waals surface area contributed by atoms with E-state index in [2.05, 4.69) is 63.7 Å². The molecule has 6 atom stereocenters. The van der Waals surface area contributed by atoms with Crippen LogP contribution in [0.5, 0.6) is 0 Å². The number of likely N-dealkylation sites (N-methyl/N-ethyl adjacent to an activating group) is 1. The number of amides is 3. The van der Waals surface area contributed by atoms with Crippen molar-refractivity contribution in [2.24, 2.45) is 17.3 Å². The van der Waals surface area contributed by atoms with Gasteiger partial charge >= 0.3 is 0 Å². The minimum Gasteiger partial charge on any atom is -0.395 e. The van der Waals surface area contributed by atoms with E-state index in [4.69, 9.17) is 0 Å². The molecule has 3 fully saturated rings. The van der Waals surface area contributed by atoms with Gasteiger partial charge in [0.1, 0.15) is 6.04 Å². The predicted molar refractivity (Wildman–Crippen MR) is 149 cm³/mol. The van der Waals surface area contributed by atoms with Crippen LogP contribution in [0.25, 0.3) is 0 Å². The van der Waals surface area contributed by atoms with Gasteiger partial charge in [0.2, 0.25) is 17.7 Å². The Balaban J connectivity index is 2.09.